The second-order valence-electron chi connectivity index (χ2n) is 4.84. The summed E-state index contributed by atoms with van der Waals surface area (Å²) in [5.41, 5.74) is 0.391. The molecule has 1 N–H and O–H groups in total. The molecule has 0 fully saturated rings. The topological polar surface area (TPSA) is 24.4 Å². The van der Waals surface area contributed by atoms with Crippen LogP contribution in [-0.4, -0.2) is 17.5 Å². The van der Waals surface area contributed by atoms with E-state index in [1.807, 2.05) is 0 Å². The molecule has 2 nitrogen and oxygen atoms in total. The van der Waals surface area contributed by atoms with Crippen LogP contribution in [0.5, 0.6) is 0 Å². The molecule has 1 aliphatic heterocycles. The van der Waals surface area contributed by atoms with Gasteiger partial charge in [0.2, 0.25) is 0 Å². The van der Waals surface area contributed by atoms with E-state index in [9.17, 15) is 8.78 Å². The monoisotopic (exact) mass is 284 g/mol. The van der Waals surface area contributed by atoms with Crippen molar-refractivity contribution in [2.24, 2.45) is 10.4 Å². The molecule has 0 saturated carbocycles. The SMILES string of the molecule is CCC1(CC)CN=C(Nc2cccc(F)c2F)SC1. The van der Waals surface area contributed by atoms with E-state index in [0.717, 1.165) is 31.2 Å². The summed E-state index contributed by atoms with van der Waals surface area (Å²) < 4.78 is 26.6. The van der Waals surface area contributed by atoms with Crippen molar-refractivity contribution in [3.8, 4) is 0 Å². The summed E-state index contributed by atoms with van der Waals surface area (Å²) in [5, 5.41) is 3.54. The van der Waals surface area contributed by atoms with Gasteiger partial charge in [-0.05, 0) is 30.4 Å². The average Bonchev–Trinajstić information content (AvgIpc) is 2.45. The minimum atomic E-state index is -0.853. The molecule has 2 rings (SSSR count). The summed E-state index contributed by atoms with van der Waals surface area (Å²) in [4.78, 5) is 4.47. The number of nitrogens with zero attached hydrogens (tertiary/aromatic N) is 1. The number of nitrogens with one attached hydrogen (secondary N) is 1. The van der Waals surface area contributed by atoms with Crippen LogP contribution in [0.1, 0.15) is 26.7 Å². The van der Waals surface area contributed by atoms with Gasteiger partial charge in [0, 0.05) is 12.3 Å². The smallest absolute Gasteiger partial charge is 0.182 e. The zero-order chi connectivity index (χ0) is 13.9. The predicted molar refractivity (Wildman–Crippen MR) is 77.8 cm³/mol. The quantitative estimate of drug-likeness (QED) is 0.895. The number of rotatable bonds is 3. The van der Waals surface area contributed by atoms with Crippen LogP contribution in [0, 0.1) is 17.0 Å². The lowest BCUT2D eigenvalue weighted by atomic mass is 9.84. The molecule has 0 saturated heterocycles. The van der Waals surface area contributed by atoms with Crippen LogP contribution in [-0.2, 0) is 0 Å². The fourth-order valence-corrected chi connectivity index (χ4v) is 3.30. The number of aliphatic imine (C=N–C) groups is 1. The lowest BCUT2D eigenvalue weighted by Gasteiger charge is -2.33. The molecule has 0 amide bonds. The van der Waals surface area contributed by atoms with Crippen molar-refractivity contribution < 1.29 is 8.78 Å². The van der Waals surface area contributed by atoms with Crippen LogP contribution in [0.4, 0.5) is 14.5 Å². The highest BCUT2D eigenvalue weighted by atomic mass is 32.2. The van der Waals surface area contributed by atoms with E-state index in [4.69, 9.17) is 0 Å². The molecule has 5 heteroatoms. The Balaban J connectivity index is 2.09. The highest BCUT2D eigenvalue weighted by Crippen LogP contribution is 2.35. The van der Waals surface area contributed by atoms with Gasteiger partial charge in [-0.3, -0.25) is 4.99 Å². The van der Waals surface area contributed by atoms with Crippen LogP contribution in [0.3, 0.4) is 0 Å². The van der Waals surface area contributed by atoms with E-state index < -0.39 is 11.6 Å². The first-order valence-electron chi connectivity index (χ1n) is 6.48. The largest absolute Gasteiger partial charge is 0.333 e. The van der Waals surface area contributed by atoms with E-state index in [0.29, 0.717) is 5.17 Å². The molecule has 0 unspecified atom stereocenters. The van der Waals surface area contributed by atoms with E-state index in [1.165, 1.54) is 12.1 Å². The van der Waals surface area contributed by atoms with Crippen LogP contribution in [0.25, 0.3) is 0 Å². The number of thioether (sulfide) groups is 1. The molecule has 1 heterocycles. The van der Waals surface area contributed by atoms with Crippen molar-refractivity contribution in [3.05, 3.63) is 29.8 Å². The van der Waals surface area contributed by atoms with Gasteiger partial charge in [0.25, 0.3) is 0 Å². The molecule has 19 heavy (non-hydrogen) atoms. The summed E-state index contributed by atoms with van der Waals surface area (Å²) in [6, 6.07) is 4.11. The van der Waals surface area contributed by atoms with Gasteiger partial charge in [-0.1, -0.05) is 31.7 Å². The van der Waals surface area contributed by atoms with E-state index in [-0.39, 0.29) is 11.1 Å². The van der Waals surface area contributed by atoms with Crippen molar-refractivity contribution >= 4 is 22.6 Å². The van der Waals surface area contributed by atoms with E-state index in [1.54, 1.807) is 11.8 Å². The zero-order valence-corrected chi connectivity index (χ0v) is 12.0. The maximum absolute atomic E-state index is 13.5. The van der Waals surface area contributed by atoms with Gasteiger partial charge in [-0.25, -0.2) is 8.78 Å². The number of halogens is 2. The van der Waals surface area contributed by atoms with Crippen molar-refractivity contribution in [2.45, 2.75) is 26.7 Å². The Morgan fingerprint density at radius 2 is 2.05 bits per heavy atom. The van der Waals surface area contributed by atoms with Gasteiger partial charge in [0.05, 0.1) is 5.69 Å². The number of hydrogen-bond donors (Lipinski definition) is 1. The molecule has 0 aliphatic carbocycles. The standard InChI is InChI=1S/C14H18F2N2S/c1-3-14(4-2)8-17-13(19-9-14)18-11-7-5-6-10(15)12(11)16/h5-7H,3-4,8-9H2,1-2H3,(H,17,18). The third-order valence-corrected chi connectivity index (χ3v) is 5.03. The lowest BCUT2D eigenvalue weighted by molar-refractivity contribution is 0.318. The molecule has 0 atom stereocenters. The van der Waals surface area contributed by atoms with Gasteiger partial charge in [-0.15, -0.1) is 0 Å². The summed E-state index contributed by atoms with van der Waals surface area (Å²) in [6.07, 6.45) is 2.17. The summed E-state index contributed by atoms with van der Waals surface area (Å²) in [6.45, 7) is 5.08. The first kappa shape index (κ1) is 14.3. The number of anilines is 1. The zero-order valence-electron chi connectivity index (χ0n) is 11.2. The molecule has 0 spiro atoms. The third-order valence-electron chi connectivity index (χ3n) is 3.77. The van der Waals surface area contributed by atoms with Crippen LogP contribution < -0.4 is 5.32 Å². The molecule has 0 aromatic heterocycles. The Hall–Kier alpha value is -1.10. The predicted octanol–water partition coefficient (Wildman–Crippen LogP) is 4.29. The average molecular weight is 284 g/mol. The maximum Gasteiger partial charge on any atom is 0.182 e. The molecular formula is C14H18F2N2S. The third kappa shape index (κ3) is 3.08. The van der Waals surface area contributed by atoms with Crippen LogP contribution >= 0.6 is 11.8 Å². The first-order chi connectivity index (χ1) is 9.10. The Morgan fingerprint density at radius 3 is 2.63 bits per heavy atom. The Morgan fingerprint density at radius 1 is 1.32 bits per heavy atom. The highest BCUT2D eigenvalue weighted by Gasteiger charge is 2.30. The number of hydrogen-bond acceptors (Lipinski definition) is 3. The number of benzene rings is 1. The first-order valence-corrected chi connectivity index (χ1v) is 7.47. The van der Waals surface area contributed by atoms with Crippen molar-refractivity contribution in [1.29, 1.82) is 0 Å². The van der Waals surface area contributed by atoms with Crippen molar-refractivity contribution in [2.75, 3.05) is 17.6 Å². The van der Waals surface area contributed by atoms with Crippen LogP contribution in [0.15, 0.2) is 23.2 Å². The summed E-state index contributed by atoms with van der Waals surface area (Å²) >= 11 is 1.58. The molecule has 1 aliphatic rings. The van der Waals surface area contributed by atoms with Crippen molar-refractivity contribution in [1.82, 2.24) is 0 Å². The van der Waals surface area contributed by atoms with Crippen molar-refractivity contribution in [3.63, 3.8) is 0 Å². The Bertz CT molecular complexity index is 484. The highest BCUT2D eigenvalue weighted by molar-refractivity contribution is 8.14. The molecule has 104 valence electrons. The normalized spacial score (nSPS) is 18.0. The summed E-state index contributed by atoms with van der Waals surface area (Å²) in [5.74, 6) is -0.737. The summed E-state index contributed by atoms with van der Waals surface area (Å²) in [7, 11) is 0. The van der Waals surface area contributed by atoms with Gasteiger partial charge >= 0.3 is 0 Å². The van der Waals surface area contributed by atoms with Crippen LogP contribution in [0.2, 0.25) is 0 Å². The molecule has 0 bridgehead atoms. The minimum absolute atomic E-state index is 0.145. The molecule has 1 aromatic carbocycles. The molecular weight excluding hydrogens is 266 g/mol. The van der Waals surface area contributed by atoms with E-state index >= 15 is 0 Å². The van der Waals surface area contributed by atoms with Gasteiger partial charge in [0.15, 0.2) is 16.8 Å². The fourth-order valence-electron chi connectivity index (χ4n) is 2.02. The van der Waals surface area contributed by atoms with Gasteiger partial charge in [-0.2, -0.15) is 0 Å². The lowest BCUT2D eigenvalue weighted by Crippen LogP contribution is -2.32. The second-order valence-corrected chi connectivity index (χ2v) is 5.81. The Labute approximate surface area is 116 Å². The van der Waals surface area contributed by atoms with Gasteiger partial charge < -0.3 is 5.32 Å². The fraction of sp³-hybridized carbons (Fsp3) is 0.500. The van der Waals surface area contributed by atoms with E-state index in [2.05, 4.69) is 24.2 Å². The minimum Gasteiger partial charge on any atom is -0.333 e. The molecule has 0 radical (unpaired) electrons. The van der Waals surface area contributed by atoms with Gasteiger partial charge in [0.1, 0.15) is 0 Å². The maximum atomic E-state index is 13.5. The Kier molecular flexibility index (Phi) is 4.45. The molecule has 1 aromatic rings. The second kappa shape index (κ2) is 5.90. The number of amidine groups is 1.